The SMILES string of the molecule is O=[N+]([O-])c1cc(Cl)c(CCCl)cc1[N+](=O)[O-]. The number of nitro benzene ring substituents is 2. The molecule has 0 atom stereocenters. The van der Waals surface area contributed by atoms with Crippen molar-refractivity contribution in [1.29, 1.82) is 0 Å². The first-order chi connectivity index (χ1) is 7.47. The Morgan fingerprint density at radius 1 is 1.12 bits per heavy atom. The Morgan fingerprint density at radius 2 is 1.62 bits per heavy atom. The van der Waals surface area contributed by atoms with Crippen LogP contribution in [-0.4, -0.2) is 15.7 Å². The molecule has 0 N–H and O–H groups in total. The molecule has 0 aromatic heterocycles. The quantitative estimate of drug-likeness (QED) is 0.475. The Morgan fingerprint density at radius 3 is 2.06 bits per heavy atom. The molecule has 0 spiro atoms. The Bertz CT molecular complexity index is 450. The molecule has 1 aromatic rings. The van der Waals surface area contributed by atoms with Crippen molar-refractivity contribution in [1.82, 2.24) is 0 Å². The molecule has 8 heteroatoms. The van der Waals surface area contributed by atoms with Gasteiger partial charge in [-0.25, -0.2) is 0 Å². The van der Waals surface area contributed by atoms with Gasteiger partial charge in [0.15, 0.2) is 0 Å². The molecular weight excluding hydrogens is 259 g/mol. The van der Waals surface area contributed by atoms with E-state index in [-0.39, 0.29) is 10.9 Å². The third-order valence-electron chi connectivity index (χ3n) is 1.90. The van der Waals surface area contributed by atoms with Gasteiger partial charge in [-0.05, 0) is 12.0 Å². The Balaban J connectivity index is 3.37. The van der Waals surface area contributed by atoms with Crippen LogP contribution in [0.1, 0.15) is 5.56 Å². The first-order valence-electron chi connectivity index (χ1n) is 4.14. The molecule has 16 heavy (non-hydrogen) atoms. The second-order valence-corrected chi connectivity index (χ2v) is 3.67. The number of halogens is 2. The predicted octanol–water partition coefficient (Wildman–Crippen LogP) is 2.94. The van der Waals surface area contributed by atoms with E-state index in [1.807, 2.05) is 0 Å². The lowest BCUT2D eigenvalue weighted by Crippen LogP contribution is -1.99. The first kappa shape index (κ1) is 12.7. The molecule has 1 rings (SSSR count). The molecule has 0 aliphatic rings. The zero-order chi connectivity index (χ0) is 12.3. The lowest BCUT2D eigenvalue weighted by Gasteiger charge is -2.02. The number of aryl methyl sites for hydroxylation is 1. The van der Waals surface area contributed by atoms with E-state index in [0.29, 0.717) is 12.0 Å². The van der Waals surface area contributed by atoms with Crippen LogP contribution in [-0.2, 0) is 6.42 Å². The molecule has 0 amide bonds. The van der Waals surface area contributed by atoms with Crippen molar-refractivity contribution in [2.75, 3.05) is 5.88 Å². The summed E-state index contributed by atoms with van der Waals surface area (Å²) in [7, 11) is 0. The highest BCUT2D eigenvalue weighted by atomic mass is 35.5. The largest absolute Gasteiger partial charge is 0.347 e. The lowest BCUT2D eigenvalue weighted by atomic mass is 10.1. The number of hydrogen-bond acceptors (Lipinski definition) is 4. The van der Waals surface area contributed by atoms with Crippen LogP contribution in [0.15, 0.2) is 12.1 Å². The second-order valence-electron chi connectivity index (χ2n) is 2.89. The van der Waals surface area contributed by atoms with Gasteiger partial charge in [0.1, 0.15) is 0 Å². The van der Waals surface area contributed by atoms with Crippen LogP contribution < -0.4 is 0 Å². The molecule has 1 aromatic carbocycles. The maximum absolute atomic E-state index is 10.6. The monoisotopic (exact) mass is 264 g/mol. The second kappa shape index (κ2) is 5.09. The van der Waals surface area contributed by atoms with Crippen molar-refractivity contribution in [3.8, 4) is 0 Å². The van der Waals surface area contributed by atoms with Gasteiger partial charge in [0.25, 0.3) is 0 Å². The Hall–Kier alpha value is -1.40. The molecule has 0 aliphatic carbocycles. The van der Waals surface area contributed by atoms with E-state index in [2.05, 4.69) is 0 Å². The van der Waals surface area contributed by atoms with Gasteiger partial charge < -0.3 is 0 Å². The summed E-state index contributed by atoms with van der Waals surface area (Å²) in [4.78, 5) is 19.5. The Kier molecular flexibility index (Phi) is 4.03. The van der Waals surface area contributed by atoms with Gasteiger partial charge in [0.2, 0.25) is 0 Å². The lowest BCUT2D eigenvalue weighted by molar-refractivity contribution is -0.422. The van der Waals surface area contributed by atoms with Gasteiger partial charge in [-0.15, -0.1) is 11.6 Å². The topological polar surface area (TPSA) is 86.3 Å². The van der Waals surface area contributed by atoms with Crippen molar-refractivity contribution in [2.24, 2.45) is 0 Å². The van der Waals surface area contributed by atoms with Crippen LogP contribution in [0, 0.1) is 20.2 Å². The van der Waals surface area contributed by atoms with Crippen molar-refractivity contribution in [2.45, 2.75) is 6.42 Å². The highest BCUT2D eigenvalue weighted by Gasteiger charge is 2.26. The summed E-state index contributed by atoms with van der Waals surface area (Å²) in [6.45, 7) is 0. The normalized spacial score (nSPS) is 10.1. The molecule has 0 radical (unpaired) electrons. The molecule has 0 unspecified atom stereocenters. The smallest absolute Gasteiger partial charge is 0.258 e. The minimum absolute atomic E-state index is 0.109. The third-order valence-corrected chi connectivity index (χ3v) is 2.44. The average Bonchev–Trinajstić information content (AvgIpc) is 2.20. The summed E-state index contributed by atoms with van der Waals surface area (Å²) in [5, 5.41) is 21.3. The van der Waals surface area contributed by atoms with Crippen LogP contribution >= 0.6 is 23.2 Å². The zero-order valence-corrected chi connectivity index (χ0v) is 9.36. The summed E-state index contributed by atoms with van der Waals surface area (Å²) in [6, 6.07) is 2.06. The van der Waals surface area contributed by atoms with Gasteiger partial charge in [-0.2, -0.15) is 0 Å². The highest BCUT2D eigenvalue weighted by molar-refractivity contribution is 6.31. The number of rotatable bonds is 4. The number of nitrogens with zero attached hydrogens (tertiary/aromatic N) is 2. The summed E-state index contributed by atoms with van der Waals surface area (Å²) >= 11 is 11.2. The van der Waals surface area contributed by atoms with E-state index in [9.17, 15) is 20.2 Å². The molecule has 0 fully saturated rings. The number of benzene rings is 1. The zero-order valence-electron chi connectivity index (χ0n) is 7.85. The molecule has 86 valence electrons. The maximum Gasteiger partial charge on any atom is 0.347 e. The summed E-state index contributed by atoms with van der Waals surface area (Å²) in [5.74, 6) is 0.231. The molecule has 6 nitrogen and oxygen atoms in total. The van der Waals surface area contributed by atoms with Crippen LogP contribution in [0.5, 0.6) is 0 Å². The van der Waals surface area contributed by atoms with Gasteiger partial charge in [-0.1, -0.05) is 11.6 Å². The van der Waals surface area contributed by atoms with Gasteiger partial charge in [0, 0.05) is 18.0 Å². The molecule has 0 bridgehead atoms. The van der Waals surface area contributed by atoms with Gasteiger partial charge in [-0.3, -0.25) is 20.2 Å². The van der Waals surface area contributed by atoms with E-state index in [1.165, 1.54) is 0 Å². The number of hydrogen-bond donors (Lipinski definition) is 0. The van der Waals surface area contributed by atoms with Gasteiger partial charge in [0.05, 0.1) is 14.9 Å². The fourth-order valence-corrected chi connectivity index (χ4v) is 1.64. The molecule has 0 aliphatic heterocycles. The minimum atomic E-state index is -0.839. The van der Waals surface area contributed by atoms with Crippen molar-refractivity contribution < 1.29 is 9.85 Å². The molecular formula is C8H6Cl2N2O4. The fraction of sp³-hybridized carbons (Fsp3) is 0.250. The average molecular weight is 265 g/mol. The van der Waals surface area contributed by atoms with Gasteiger partial charge >= 0.3 is 11.4 Å². The van der Waals surface area contributed by atoms with E-state index < -0.39 is 21.2 Å². The number of alkyl halides is 1. The highest BCUT2D eigenvalue weighted by Crippen LogP contribution is 2.32. The summed E-state index contributed by atoms with van der Waals surface area (Å²) in [6.07, 6.45) is 0.319. The van der Waals surface area contributed by atoms with Crippen LogP contribution in [0.4, 0.5) is 11.4 Å². The fourth-order valence-electron chi connectivity index (χ4n) is 1.18. The van der Waals surface area contributed by atoms with Crippen LogP contribution in [0.3, 0.4) is 0 Å². The Labute approximate surface area is 100 Å². The molecule has 0 saturated heterocycles. The third kappa shape index (κ3) is 2.59. The number of nitro groups is 2. The minimum Gasteiger partial charge on any atom is -0.258 e. The molecule has 0 saturated carbocycles. The van der Waals surface area contributed by atoms with Crippen LogP contribution in [0.2, 0.25) is 5.02 Å². The summed E-state index contributed by atoms with van der Waals surface area (Å²) in [5.41, 5.74) is -0.767. The van der Waals surface area contributed by atoms with E-state index in [0.717, 1.165) is 12.1 Å². The molecule has 0 heterocycles. The maximum atomic E-state index is 10.6. The van der Waals surface area contributed by atoms with Crippen LogP contribution in [0.25, 0.3) is 0 Å². The standard InChI is InChI=1S/C8H6Cl2N2O4/c9-2-1-5-3-7(11(13)14)8(12(15)16)4-6(5)10/h3-4H,1-2H2. The van der Waals surface area contributed by atoms with E-state index >= 15 is 0 Å². The first-order valence-corrected chi connectivity index (χ1v) is 5.05. The summed E-state index contributed by atoms with van der Waals surface area (Å²) < 4.78 is 0. The van der Waals surface area contributed by atoms with E-state index in [4.69, 9.17) is 23.2 Å². The van der Waals surface area contributed by atoms with Crippen molar-refractivity contribution in [3.05, 3.63) is 42.9 Å². The predicted molar refractivity (Wildman–Crippen MR) is 59.2 cm³/mol. The van der Waals surface area contributed by atoms with Crippen molar-refractivity contribution in [3.63, 3.8) is 0 Å². The van der Waals surface area contributed by atoms with Crippen molar-refractivity contribution >= 4 is 34.6 Å². The van der Waals surface area contributed by atoms with E-state index in [1.54, 1.807) is 0 Å².